The summed E-state index contributed by atoms with van der Waals surface area (Å²) in [6.45, 7) is 2.99. The number of nitro groups is 1. The molecule has 0 aliphatic heterocycles. The van der Waals surface area contributed by atoms with Gasteiger partial charge in [-0.25, -0.2) is 4.79 Å². The van der Waals surface area contributed by atoms with Crippen molar-refractivity contribution in [3.05, 3.63) is 32.4 Å². The lowest BCUT2D eigenvalue weighted by Gasteiger charge is -2.12. The third-order valence-corrected chi connectivity index (χ3v) is 2.13. The first kappa shape index (κ1) is 12.0. The van der Waals surface area contributed by atoms with E-state index in [-0.39, 0.29) is 22.9 Å². The number of nitrogens with zero attached hydrogens (tertiary/aromatic N) is 1. The smallest absolute Gasteiger partial charge is 0.326 e. The minimum Gasteiger partial charge on any atom is -0.493 e. The van der Waals surface area contributed by atoms with Crippen molar-refractivity contribution in [1.82, 2.24) is 9.97 Å². The van der Waals surface area contributed by atoms with Crippen molar-refractivity contribution < 1.29 is 10.0 Å². The third-order valence-electron chi connectivity index (χ3n) is 2.13. The Morgan fingerprint density at radius 3 is 2.56 bits per heavy atom. The Morgan fingerprint density at radius 1 is 1.50 bits per heavy atom. The van der Waals surface area contributed by atoms with Gasteiger partial charge < -0.3 is 10.1 Å². The summed E-state index contributed by atoms with van der Waals surface area (Å²) < 4.78 is 0. The highest BCUT2D eigenvalue weighted by Crippen LogP contribution is 2.16. The van der Waals surface area contributed by atoms with E-state index in [9.17, 15) is 20.0 Å². The summed E-state index contributed by atoms with van der Waals surface area (Å²) in [6, 6.07) is 0. The molecule has 0 unspecified atom stereocenters. The molecule has 7 heteroatoms. The predicted molar refractivity (Wildman–Crippen MR) is 57.8 cm³/mol. The molecular weight excluding hydrogens is 214 g/mol. The van der Waals surface area contributed by atoms with Crippen LogP contribution in [0.5, 0.6) is 5.88 Å². The zero-order valence-corrected chi connectivity index (χ0v) is 8.98. The number of aromatic nitrogens is 2. The fourth-order valence-corrected chi connectivity index (χ4v) is 1.05. The van der Waals surface area contributed by atoms with E-state index in [4.69, 9.17) is 0 Å². The molecule has 0 spiro atoms. The predicted octanol–water partition coefficient (Wildman–Crippen LogP) is 0.867. The molecule has 0 aliphatic rings. The molecule has 0 aliphatic carbocycles. The van der Waals surface area contributed by atoms with Crippen LogP contribution < -0.4 is 5.69 Å². The van der Waals surface area contributed by atoms with Gasteiger partial charge in [-0.1, -0.05) is 6.08 Å². The number of aromatic amines is 2. The second kappa shape index (κ2) is 4.21. The molecule has 1 aromatic heterocycles. The van der Waals surface area contributed by atoms with Crippen LogP contribution in [-0.4, -0.2) is 25.5 Å². The topological polar surface area (TPSA) is 112 Å². The van der Waals surface area contributed by atoms with E-state index in [0.29, 0.717) is 0 Å². The quantitative estimate of drug-likeness (QED) is 0.523. The van der Waals surface area contributed by atoms with Crippen molar-refractivity contribution in [2.75, 3.05) is 0 Å². The van der Waals surface area contributed by atoms with Gasteiger partial charge in [0.15, 0.2) is 0 Å². The zero-order chi connectivity index (χ0) is 12.3. The van der Waals surface area contributed by atoms with Crippen molar-refractivity contribution in [3.8, 4) is 5.88 Å². The Hall–Kier alpha value is -2.05. The molecule has 1 heterocycles. The maximum Gasteiger partial charge on any atom is 0.326 e. The van der Waals surface area contributed by atoms with Gasteiger partial charge in [-0.2, -0.15) is 0 Å². The number of nitrogens with one attached hydrogen (secondary N) is 2. The molecule has 1 rings (SSSR count). The molecule has 3 N–H and O–H groups in total. The maximum atomic E-state index is 10.8. The molecule has 0 saturated heterocycles. The monoisotopic (exact) mass is 227 g/mol. The van der Waals surface area contributed by atoms with Crippen molar-refractivity contribution in [2.45, 2.75) is 25.8 Å². The fourth-order valence-electron chi connectivity index (χ4n) is 1.05. The molecule has 16 heavy (non-hydrogen) atoms. The zero-order valence-electron chi connectivity index (χ0n) is 8.98. The summed E-state index contributed by atoms with van der Waals surface area (Å²) in [7, 11) is 0. The van der Waals surface area contributed by atoms with Crippen molar-refractivity contribution in [2.24, 2.45) is 0 Å². The van der Waals surface area contributed by atoms with E-state index in [1.54, 1.807) is 0 Å². The lowest BCUT2D eigenvalue weighted by molar-refractivity contribution is -0.559. The molecule has 0 fully saturated rings. The Kier molecular flexibility index (Phi) is 3.17. The van der Waals surface area contributed by atoms with Crippen LogP contribution >= 0.6 is 0 Å². The van der Waals surface area contributed by atoms with Gasteiger partial charge in [-0.05, 0) is 6.08 Å². The van der Waals surface area contributed by atoms with Crippen LogP contribution in [0.15, 0.2) is 10.9 Å². The van der Waals surface area contributed by atoms with Crippen molar-refractivity contribution in [1.29, 1.82) is 0 Å². The summed E-state index contributed by atoms with van der Waals surface area (Å²) in [5, 5.41) is 19.8. The number of hydrogen-bond donors (Lipinski definition) is 3. The van der Waals surface area contributed by atoms with Gasteiger partial charge in [-0.3, -0.25) is 15.1 Å². The van der Waals surface area contributed by atoms with Gasteiger partial charge in [0.05, 0.1) is 0 Å². The minimum absolute atomic E-state index is 0.201. The number of rotatable bonds is 4. The second-order valence-electron chi connectivity index (χ2n) is 4.02. The molecule has 0 atom stereocenters. The average Bonchev–Trinajstić information content (AvgIpc) is 2.44. The van der Waals surface area contributed by atoms with E-state index < -0.39 is 11.2 Å². The van der Waals surface area contributed by atoms with Crippen molar-refractivity contribution >= 4 is 6.08 Å². The van der Waals surface area contributed by atoms with Crippen molar-refractivity contribution in [3.63, 3.8) is 0 Å². The van der Waals surface area contributed by atoms with Crippen LogP contribution in [0.2, 0.25) is 0 Å². The highest BCUT2D eigenvalue weighted by molar-refractivity contribution is 5.49. The van der Waals surface area contributed by atoms with Crippen LogP contribution in [-0.2, 0) is 0 Å². The summed E-state index contributed by atoms with van der Waals surface area (Å²) in [5.74, 6) is -0.278. The van der Waals surface area contributed by atoms with E-state index in [0.717, 1.165) is 0 Å². The van der Waals surface area contributed by atoms with E-state index in [2.05, 4.69) is 9.97 Å². The molecule has 0 amide bonds. The first-order valence-electron chi connectivity index (χ1n) is 4.65. The van der Waals surface area contributed by atoms with Gasteiger partial charge in [-0.15, -0.1) is 0 Å². The lowest BCUT2D eigenvalue weighted by Crippen LogP contribution is -2.29. The second-order valence-corrected chi connectivity index (χ2v) is 4.02. The van der Waals surface area contributed by atoms with Gasteiger partial charge in [0.1, 0.15) is 5.69 Å². The minimum atomic E-state index is -1.07. The third kappa shape index (κ3) is 2.72. The van der Waals surface area contributed by atoms with Gasteiger partial charge in [0, 0.05) is 25.2 Å². The van der Waals surface area contributed by atoms with Crippen LogP contribution in [0, 0.1) is 10.1 Å². The molecule has 0 aromatic carbocycles. The standard InChI is InChI=1S/C9H13N3O4/c1-9(2,12(15)16)5-3-4-6-7(13)11-8(14)10-6/h3-4,13H,5H2,1-2H3,(H2,10,11,14). The number of imidazole rings is 1. The molecule has 1 aromatic rings. The van der Waals surface area contributed by atoms with E-state index in [1.807, 2.05) is 0 Å². The maximum absolute atomic E-state index is 10.8. The number of aromatic hydroxyl groups is 1. The Labute approximate surface area is 91.0 Å². The van der Waals surface area contributed by atoms with Gasteiger partial charge in [0.25, 0.3) is 0 Å². The molecule has 88 valence electrons. The Balaban J connectivity index is 2.72. The molecule has 7 nitrogen and oxygen atoms in total. The van der Waals surface area contributed by atoms with Crippen LogP contribution in [0.3, 0.4) is 0 Å². The van der Waals surface area contributed by atoms with Gasteiger partial charge in [0.2, 0.25) is 11.4 Å². The molecule has 0 radical (unpaired) electrons. The molecule has 0 bridgehead atoms. The summed E-state index contributed by atoms with van der Waals surface area (Å²) in [6.07, 6.45) is 3.16. The van der Waals surface area contributed by atoms with Crippen LogP contribution in [0.1, 0.15) is 26.0 Å². The fraction of sp³-hybridized carbons (Fsp3) is 0.444. The Bertz CT molecular complexity index is 469. The Morgan fingerprint density at radius 2 is 2.12 bits per heavy atom. The average molecular weight is 227 g/mol. The summed E-state index contributed by atoms with van der Waals surface area (Å²) in [4.78, 5) is 25.5. The van der Waals surface area contributed by atoms with Gasteiger partial charge >= 0.3 is 5.69 Å². The number of H-pyrrole nitrogens is 2. The molecule has 0 saturated carbocycles. The SMILES string of the molecule is CC(C)(CC=Cc1[nH]c(=O)[nH]c1O)[N+](=O)[O-]. The summed E-state index contributed by atoms with van der Waals surface area (Å²) >= 11 is 0. The highest BCUT2D eigenvalue weighted by atomic mass is 16.6. The number of hydrogen-bond acceptors (Lipinski definition) is 4. The summed E-state index contributed by atoms with van der Waals surface area (Å²) in [5.41, 5.74) is -1.38. The van der Waals surface area contributed by atoms with E-state index in [1.165, 1.54) is 26.0 Å². The lowest BCUT2D eigenvalue weighted by atomic mass is 10.0. The largest absolute Gasteiger partial charge is 0.493 e. The first-order chi connectivity index (χ1) is 7.33. The van der Waals surface area contributed by atoms with E-state index >= 15 is 0 Å². The highest BCUT2D eigenvalue weighted by Gasteiger charge is 2.28. The van der Waals surface area contributed by atoms with Crippen LogP contribution in [0.25, 0.3) is 6.08 Å². The van der Waals surface area contributed by atoms with Crippen LogP contribution in [0.4, 0.5) is 0 Å². The first-order valence-corrected chi connectivity index (χ1v) is 4.65. The molecular formula is C9H13N3O4. The normalized spacial score (nSPS) is 12.1.